The highest BCUT2D eigenvalue weighted by molar-refractivity contribution is 5.86. The van der Waals surface area contributed by atoms with E-state index in [4.69, 9.17) is 5.26 Å². The Morgan fingerprint density at radius 3 is 2.22 bits per heavy atom. The topological polar surface area (TPSA) is 56.1 Å². The lowest BCUT2D eigenvalue weighted by atomic mass is 9.69. The molecule has 4 heteroatoms. The maximum absolute atomic E-state index is 12.1. The summed E-state index contributed by atoms with van der Waals surface area (Å²) in [6, 6.07) is 2.21. The molecule has 2 fully saturated rings. The fourth-order valence-corrected chi connectivity index (χ4v) is 3.15. The largest absolute Gasteiger partial charge is 0.353 e. The van der Waals surface area contributed by atoms with E-state index >= 15 is 0 Å². The minimum Gasteiger partial charge on any atom is -0.353 e. The first-order chi connectivity index (χ1) is 8.55. The van der Waals surface area contributed by atoms with Gasteiger partial charge in [0.2, 0.25) is 5.91 Å². The lowest BCUT2D eigenvalue weighted by Crippen LogP contribution is -2.54. The molecule has 0 aromatic heterocycles. The zero-order valence-corrected chi connectivity index (χ0v) is 11.5. The SMILES string of the molecule is CN(C)C1(CNC(=O)C2(C#N)CCC2)CCCC1. The molecule has 1 N–H and O–H groups in total. The van der Waals surface area contributed by atoms with Crippen LogP contribution in [0.4, 0.5) is 0 Å². The minimum absolute atomic E-state index is 0.0515. The number of carbonyl (C=O) groups is 1. The Bertz CT molecular complexity index is 360. The average molecular weight is 249 g/mol. The molecule has 100 valence electrons. The monoisotopic (exact) mass is 249 g/mol. The van der Waals surface area contributed by atoms with Gasteiger partial charge >= 0.3 is 0 Å². The van der Waals surface area contributed by atoms with Gasteiger partial charge in [-0.3, -0.25) is 4.79 Å². The number of hydrogen-bond donors (Lipinski definition) is 1. The van der Waals surface area contributed by atoms with Crippen LogP contribution in [-0.4, -0.2) is 37.0 Å². The van der Waals surface area contributed by atoms with Gasteiger partial charge in [-0.05, 0) is 46.2 Å². The predicted molar refractivity (Wildman–Crippen MR) is 69.8 cm³/mol. The molecule has 2 saturated carbocycles. The van der Waals surface area contributed by atoms with E-state index in [1.807, 2.05) is 0 Å². The molecule has 2 aliphatic rings. The van der Waals surface area contributed by atoms with Crippen LogP contribution in [0.25, 0.3) is 0 Å². The Kier molecular flexibility index (Phi) is 3.63. The Balaban J connectivity index is 1.94. The molecule has 0 spiro atoms. The summed E-state index contributed by atoms with van der Waals surface area (Å²) in [5.41, 5.74) is -0.609. The standard InChI is InChI=1S/C14H23N3O/c1-17(2)14(8-3-4-9-14)11-16-12(18)13(10-15)6-5-7-13/h3-9,11H2,1-2H3,(H,16,18). The number of nitriles is 1. The van der Waals surface area contributed by atoms with Crippen LogP contribution in [0, 0.1) is 16.7 Å². The van der Waals surface area contributed by atoms with Crippen molar-refractivity contribution in [2.45, 2.75) is 50.5 Å². The van der Waals surface area contributed by atoms with Gasteiger partial charge < -0.3 is 10.2 Å². The molecule has 0 saturated heterocycles. The lowest BCUT2D eigenvalue weighted by molar-refractivity contribution is -0.132. The summed E-state index contributed by atoms with van der Waals surface area (Å²) >= 11 is 0. The summed E-state index contributed by atoms with van der Waals surface area (Å²) in [6.07, 6.45) is 7.20. The van der Waals surface area contributed by atoms with Crippen LogP contribution in [0.5, 0.6) is 0 Å². The first-order valence-electron chi connectivity index (χ1n) is 6.92. The normalized spacial score (nSPS) is 24.3. The van der Waals surface area contributed by atoms with Crippen molar-refractivity contribution in [3.63, 3.8) is 0 Å². The van der Waals surface area contributed by atoms with Gasteiger partial charge in [-0.2, -0.15) is 5.26 Å². The zero-order valence-electron chi connectivity index (χ0n) is 11.5. The maximum Gasteiger partial charge on any atom is 0.240 e. The van der Waals surface area contributed by atoms with Gasteiger partial charge in [0.25, 0.3) is 0 Å². The van der Waals surface area contributed by atoms with E-state index in [2.05, 4.69) is 30.4 Å². The van der Waals surface area contributed by atoms with Crippen molar-refractivity contribution >= 4 is 5.91 Å². The second kappa shape index (κ2) is 4.89. The molecule has 0 unspecified atom stereocenters. The van der Waals surface area contributed by atoms with Crippen molar-refractivity contribution in [1.82, 2.24) is 10.2 Å². The van der Waals surface area contributed by atoms with Gasteiger partial charge in [0.1, 0.15) is 5.41 Å². The highest BCUT2D eigenvalue weighted by atomic mass is 16.2. The van der Waals surface area contributed by atoms with Crippen LogP contribution >= 0.6 is 0 Å². The van der Waals surface area contributed by atoms with Crippen LogP contribution in [0.3, 0.4) is 0 Å². The second-order valence-corrected chi connectivity index (χ2v) is 6.06. The van der Waals surface area contributed by atoms with Gasteiger partial charge in [-0.25, -0.2) is 0 Å². The van der Waals surface area contributed by atoms with E-state index in [0.29, 0.717) is 6.54 Å². The second-order valence-electron chi connectivity index (χ2n) is 6.06. The van der Waals surface area contributed by atoms with Crippen molar-refractivity contribution in [2.24, 2.45) is 5.41 Å². The third-order valence-corrected chi connectivity index (χ3v) is 4.92. The Morgan fingerprint density at radius 1 is 1.22 bits per heavy atom. The predicted octanol–water partition coefficient (Wildman–Crippen LogP) is 1.67. The summed E-state index contributed by atoms with van der Waals surface area (Å²) in [5, 5.41) is 12.2. The van der Waals surface area contributed by atoms with Gasteiger partial charge in [-0.1, -0.05) is 12.8 Å². The van der Waals surface area contributed by atoms with Gasteiger partial charge in [0.05, 0.1) is 6.07 Å². The third-order valence-electron chi connectivity index (χ3n) is 4.92. The van der Waals surface area contributed by atoms with Gasteiger partial charge in [0, 0.05) is 12.1 Å². The smallest absolute Gasteiger partial charge is 0.240 e. The molecule has 0 aliphatic heterocycles. The summed E-state index contributed by atoms with van der Waals surface area (Å²) < 4.78 is 0. The Labute approximate surface area is 109 Å². The maximum atomic E-state index is 12.1. The molecule has 0 heterocycles. The van der Waals surface area contributed by atoms with E-state index in [9.17, 15) is 4.79 Å². The molecule has 4 nitrogen and oxygen atoms in total. The number of carbonyl (C=O) groups excluding carboxylic acids is 1. The van der Waals surface area contributed by atoms with Gasteiger partial charge in [-0.15, -0.1) is 0 Å². The molecule has 0 bridgehead atoms. The lowest BCUT2D eigenvalue weighted by Gasteiger charge is -2.39. The van der Waals surface area contributed by atoms with Crippen molar-refractivity contribution in [1.29, 1.82) is 5.26 Å². The Hall–Kier alpha value is -1.08. The van der Waals surface area contributed by atoms with E-state index in [1.54, 1.807) is 0 Å². The highest BCUT2D eigenvalue weighted by Crippen LogP contribution is 2.41. The number of rotatable bonds is 4. The van der Waals surface area contributed by atoms with Crippen molar-refractivity contribution in [3.05, 3.63) is 0 Å². The third kappa shape index (κ3) is 2.12. The van der Waals surface area contributed by atoms with Crippen LogP contribution in [-0.2, 0) is 4.79 Å². The van der Waals surface area contributed by atoms with E-state index in [0.717, 1.165) is 32.1 Å². The van der Waals surface area contributed by atoms with Crippen LogP contribution in [0.1, 0.15) is 44.9 Å². The minimum atomic E-state index is -0.716. The fraction of sp³-hybridized carbons (Fsp3) is 0.857. The number of amides is 1. The Morgan fingerprint density at radius 2 is 1.83 bits per heavy atom. The van der Waals surface area contributed by atoms with E-state index in [-0.39, 0.29) is 11.4 Å². The molecular formula is C14H23N3O. The number of hydrogen-bond acceptors (Lipinski definition) is 3. The zero-order chi connectivity index (χ0) is 13.2. The first kappa shape index (κ1) is 13.4. The molecule has 2 aliphatic carbocycles. The van der Waals surface area contributed by atoms with Crippen LogP contribution in [0.15, 0.2) is 0 Å². The molecule has 2 rings (SSSR count). The molecule has 1 amide bonds. The molecule has 0 aromatic carbocycles. The summed E-state index contributed by atoms with van der Waals surface area (Å²) in [6.45, 7) is 0.683. The summed E-state index contributed by atoms with van der Waals surface area (Å²) in [4.78, 5) is 14.4. The number of likely N-dealkylation sites (N-methyl/N-ethyl adjacent to an activating group) is 1. The number of nitrogens with one attached hydrogen (secondary N) is 1. The molecule has 0 radical (unpaired) electrons. The van der Waals surface area contributed by atoms with Crippen LogP contribution in [0.2, 0.25) is 0 Å². The molecular weight excluding hydrogens is 226 g/mol. The van der Waals surface area contributed by atoms with E-state index < -0.39 is 5.41 Å². The quantitative estimate of drug-likeness (QED) is 0.824. The van der Waals surface area contributed by atoms with Gasteiger partial charge in [0.15, 0.2) is 0 Å². The highest BCUT2D eigenvalue weighted by Gasteiger charge is 2.45. The molecule has 0 aromatic rings. The fourth-order valence-electron chi connectivity index (χ4n) is 3.15. The molecule has 18 heavy (non-hydrogen) atoms. The van der Waals surface area contributed by atoms with Crippen molar-refractivity contribution < 1.29 is 4.79 Å². The average Bonchev–Trinajstić information content (AvgIpc) is 2.75. The van der Waals surface area contributed by atoms with Crippen molar-refractivity contribution in [2.75, 3.05) is 20.6 Å². The summed E-state index contributed by atoms with van der Waals surface area (Å²) in [5.74, 6) is -0.0515. The molecule has 0 atom stereocenters. The first-order valence-corrected chi connectivity index (χ1v) is 6.92. The number of nitrogens with zero attached hydrogens (tertiary/aromatic N) is 2. The van der Waals surface area contributed by atoms with E-state index in [1.165, 1.54) is 12.8 Å². The van der Waals surface area contributed by atoms with Crippen molar-refractivity contribution in [3.8, 4) is 6.07 Å². The van der Waals surface area contributed by atoms with Crippen LogP contribution < -0.4 is 5.32 Å². The summed E-state index contributed by atoms with van der Waals surface area (Å²) in [7, 11) is 4.17.